The Morgan fingerprint density at radius 2 is 1.63 bits per heavy atom. The van der Waals surface area contributed by atoms with E-state index in [0.29, 0.717) is 33.8 Å². The standard InChI is InChI=1S/2C6H3N2O.C5H2N3O/c2*1-2-5-6(7-3-1)8-4-9-5;1-2-7-5-4(6-1)8-3-9-5/h1-2,4H;1-3H;1,3H. The van der Waals surface area contributed by atoms with E-state index < -0.39 is 0 Å². The summed E-state index contributed by atoms with van der Waals surface area (Å²) in [5.74, 6) is 0. The maximum atomic E-state index is 4.92. The van der Waals surface area contributed by atoms with Gasteiger partial charge in [0.05, 0.1) is 12.4 Å². The maximum Gasteiger partial charge on any atom is 0.286 e. The molecule has 0 spiro atoms. The van der Waals surface area contributed by atoms with Gasteiger partial charge in [-0.2, -0.15) is 15.0 Å². The van der Waals surface area contributed by atoms with Crippen molar-refractivity contribution in [1.82, 2.24) is 34.9 Å². The molecule has 0 aliphatic rings. The second kappa shape index (κ2) is 7.78. The van der Waals surface area contributed by atoms with Crippen LogP contribution in [-0.4, -0.2) is 34.9 Å². The van der Waals surface area contributed by atoms with Crippen LogP contribution in [0, 0.1) is 18.8 Å². The van der Waals surface area contributed by atoms with Crippen LogP contribution in [0.4, 0.5) is 0 Å². The average Bonchev–Trinajstić information content (AvgIpc) is 3.48. The molecule has 0 aliphatic carbocycles. The highest BCUT2D eigenvalue weighted by atomic mass is 16.3. The first-order valence-electron chi connectivity index (χ1n) is 7.46. The minimum absolute atomic E-state index is 0.428. The van der Waals surface area contributed by atoms with Crippen LogP contribution in [0.5, 0.6) is 0 Å². The van der Waals surface area contributed by atoms with E-state index in [1.165, 1.54) is 19.0 Å². The van der Waals surface area contributed by atoms with Gasteiger partial charge in [-0.05, 0) is 24.3 Å². The van der Waals surface area contributed by atoms with E-state index in [0.717, 1.165) is 0 Å². The molecule has 0 N–H and O–H groups in total. The van der Waals surface area contributed by atoms with E-state index in [9.17, 15) is 0 Å². The van der Waals surface area contributed by atoms with Gasteiger partial charge in [-0.3, -0.25) is 0 Å². The Morgan fingerprint density at radius 1 is 0.741 bits per heavy atom. The first-order valence-corrected chi connectivity index (χ1v) is 7.46. The van der Waals surface area contributed by atoms with Crippen LogP contribution in [-0.2, 0) is 0 Å². The largest absolute Gasteiger partial charge is 0.442 e. The molecule has 0 saturated heterocycles. The van der Waals surface area contributed by atoms with E-state index in [2.05, 4.69) is 53.7 Å². The van der Waals surface area contributed by atoms with Gasteiger partial charge < -0.3 is 13.3 Å². The minimum Gasteiger partial charge on any atom is -0.442 e. The molecule has 6 heterocycles. The number of hydrogen-bond acceptors (Lipinski definition) is 10. The first-order chi connectivity index (χ1) is 13.4. The van der Waals surface area contributed by atoms with Crippen LogP contribution in [0.3, 0.4) is 0 Å². The molecule has 6 rings (SSSR count). The molecule has 0 saturated carbocycles. The second-order valence-corrected chi connectivity index (χ2v) is 4.72. The predicted molar refractivity (Wildman–Crippen MR) is 89.7 cm³/mol. The molecule has 10 heteroatoms. The van der Waals surface area contributed by atoms with Gasteiger partial charge >= 0.3 is 0 Å². The molecule has 6 aromatic heterocycles. The number of oxazole rings is 3. The summed E-state index contributed by atoms with van der Waals surface area (Å²) in [5, 5.41) is 0. The quantitative estimate of drug-likeness (QED) is 0.399. The molecule has 0 aliphatic heterocycles. The van der Waals surface area contributed by atoms with Crippen LogP contribution in [0.15, 0.2) is 62.7 Å². The van der Waals surface area contributed by atoms with Crippen molar-refractivity contribution >= 4 is 33.8 Å². The fourth-order valence-corrected chi connectivity index (χ4v) is 1.90. The van der Waals surface area contributed by atoms with Crippen molar-refractivity contribution in [2.75, 3.05) is 0 Å². The normalized spacial score (nSPS) is 10.2. The zero-order valence-electron chi connectivity index (χ0n) is 13.5. The summed E-state index contributed by atoms with van der Waals surface area (Å²) in [6.45, 7) is 0. The number of pyridine rings is 2. The van der Waals surface area contributed by atoms with Gasteiger partial charge in [-0.1, -0.05) is 0 Å². The van der Waals surface area contributed by atoms with Crippen LogP contribution in [0.2, 0.25) is 0 Å². The average molecular weight is 358 g/mol. The van der Waals surface area contributed by atoms with Crippen LogP contribution in [0.1, 0.15) is 0 Å². The Labute approximate surface area is 151 Å². The zero-order chi connectivity index (χ0) is 18.3. The van der Waals surface area contributed by atoms with Gasteiger partial charge in [0.25, 0.3) is 12.1 Å². The van der Waals surface area contributed by atoms with E-state index in [1.807, 2.05) is 0 Å². The van der Waals surface area contributed by atoms with E-state index >= 15 is 0 Å². The van der Waals surface area contributed by atoms with Crippen molar-refractivity contribution in [3.8, 4) is 0 Å². The lowest BCUT2D eigenvalue weighted by Gasteiger charge is -1.78. The third-order valence-electron chi connectivity index (χ3n) is 3.05. The van der Waals surface area contributed by atoms with Crippen molar-refractivity contribution in [2.45, 2.75) is 0 Å². The van der Waals surface area contributed by atoms with Gasteiger partial charge in [-0.25, -0.2) is 19.9 Å². The third-order valence-corrected chi connectivity index (χ3v) is 3.05. The number of fused-ring (bicyclic) bond motifs is 3. The highest BCUT2D eigenvalue weighted by molar-refractivity contribution is 5.66. The second-order valence-electron chi connectivity index (χ2n) is 4.72. The fraction of sp³-hybridized carbons (Fsp3) is 0. The van der Waals surface area contributed by atoms with Crippen molar-refractivity contribution in [2.24, 2.45) is 0 Å². The number of aromatic nitrogens is 7. The predicted octanol–water partition coefficient (Wildman–Crippen LogP) is 2.46. The van der Waals surface area contributed by atoms with Crippen LogP contribution in [0.25, 0.3) is 33.8 Å². The lowest BCUT2D eigenvalue weighted by Crippen LogP contribution is -1.76. The molecule has 0 aromatic carbocycles. The summed E-state index contributed by atoms with van der Waals surface area (Å²) in [4.78, 5) is 26.5. The molecule has 27 heavy (non-hydrogen) atoms. The van der Waals surface area contributed by atoms with Gasteiger partial charge in [0, 0.05) is 6.20 Å². The molecule has 6 aromatic rings. The molecule has 0 amide bonds. The summed E-state index contributed by atoms with van der Waals surface area (Å²) in [5.41, 5.74) is 3.55. The molecule has 0 bridgehead atoms. The van der Waals surface area contributed by atoms with Gasteiger partial charge in [0.1, 0.15) is 6.20 Å². The monoisotopic (exact) mass is 358 g/mol. The molecule has 0 atom stereocenters. The van der Waals surface area contributed by atoms with Crippen molar-refractivity contribution in [3.63, 3.8) is 0 Å². The summed E-state index contributed by atoms with van der Waals surface area (Å²) in [6.07, 6.45) is 13.3. The first kappa shape index (κ1) is 16.3. The van der Waals surface area contributed by atoms with Gasteiger partial charge in [0.2, 0.25) is 5.65 Å². The Hall–Kier alpha value is -4.21. The highest BCUT2D eigenvalue weighted by Crippen LogP contribution is 2.06. The highest BCUT2D eigenvalue weighted by Gasteiger charge is 1.96. The number of hydrogen-bond donors (Lipinski definition) is 0. The molecular formula is C17H8N7O3. The van der Waals surface area contributed by atoms with E-state index in [-0.39, 0.29) is 0 Å². The molecule has 0 unspecified atom stereocenters. The number of rotatable bonds is 0. The Morgan fingerprint density at radius 3 is 2.52 bits per heavy atom. The maximum absolute atomic E-state index is 4.92. The van der Waals surface area contributed by atoms with Crippen molar-refractivity contribution in [3.05, 3.63) is 68.2 Å². The molecule has 129 valence electrons. The summed E-state index contributed by atoms with van der Waals surface area (Å²) in [7, 11) is 0. The summed E-state index contributed by atoms with van der Waals surface area (Å²) < 4.78 is 14.5. The lowest BCUT2D eigenvalue weighted by atomic mass is 10.5. The third kappa shape index (κ3) is 3.90. The molecular weight excluding hydrogens is 350 g/mol. The van der Waals surface area contributed by atoms with Crippen LogP contribution < -0.4 is 0 Å². The number of nitrogens with zero attached hydrogens (tertiary/aromatic N) is 7. The van der Waals surface area contributed by atoms with Crippen LogP contribution >= 0.6 is 0 Å². The van der Waals surface area contributed by atoms with E-state index in [1.54, 1.807) is 30.5 Å². The summed E-state index contributed by atoms with van der Waals surface area (Å²) >= 11 is 0. The van der Waals surface area contributed by atoms with E-state index in [4.69, 9.17) is 13.3 Å². The fourth-order valence-electron chi connectivity index (χ4n) is 1.90. The Balaban J connectivity index is 0.0000001000. The van der Waals surface area contributed by atoms with Gasteiger partial charge in [0.15, 0.2) is 35.2 Å². The lowest BCUT2D eigenvalue weighted by molar-refractivity contribution is 0.590. The summed E-state index contributed by atoms with van der Waals surface area (Å²) in [6, 6.07) is 7.05. The Bertz CT molecular complexity index is 1010. The molecule has 3 radical (unpaired) electrons. The van der Waals surface area contributed by atoms with Gasteiger partial charge in [-0.15, -0.1) is 0 Å². The SMILES string of the molecule is [c]1ccc2ocnc2n1.[c]1cnc2ncoc2n1.[c]1nc2ncccc2o1. The minimum atomic E-state index is 0.428. The Kier molecular flexibility index (Phi) is 4.69. The molecule has 10 nitrogen and oxygen atoms in total. The molecule has 0 fully saturated rings. The zero-order valence-corrected chi connectivity index (χ0v) is 13.5. The smallest absolute Gasteiger partial charge is 0.286 e. The topological polar surface area (TPSA) is 130 Å². The van der Waals surface area contributed by atoms with Crippen molar-refractivity contribution in [1.29, 1.82) is 0 Å². The van der Waals surface area contributed by atoms with Crippen molar-refractivity contribution < 1.29 is 13.3 Å².